The van der Waals surface area contributed by atoms with Crippen LogP contribution in [0.5, 0.6) is 0 Å². The van der Waals surface area contributed by atoms with Crippen LogP contribution in [0, 0.1) is 11.4 Å². The largest absolute Gasteiger partial charge is 0.476 e. The molecule has 0 amide bonds. The summed E-state index contributed by atoms with van der Waals surface area (Å²) in [5.74, 6) is -0.349. The number of hydrogen-bond donors (Lipinski definition) is 3. The minimum absolute atomic E-state index is 0.00939. The fourth-order valence-electron chi connectivity index (χ4n) is 1.26. The Morgan fingerprint density at radius 3 is 2.65 bits per heavy atom. The Morgan fingerprint density at radius 1 is 1.45 bits per heavy atom. The Hall–Kier alpha value is -1.48. The molecule has 0 aromatic carbocycles. The summed E-state index contributed by atoms with van der Waals surface area (Å²) in [4.78, 5) is 11.5. The van der Waals surface area contributed by atoms with Crippen LogP contribution in [0.1, 0.15) is 20.3 Å². The molecule has 0 saturated carbocycles. The average molecular weight is 307 g/mol. The quantitative estimate of drug-likeness (QED) is 0.172. The van der Waals surface area contributed by atoms with E-state index >= 15 is 0 Å². The average Bonchev–Trinajstić information content (AvgIpc) is 2.44. The number of methoxy groups -OCH3 is 1. The Bertz CT molecular complexity index is 349. The van der Waals surface area contributed by atoms with Crippen molar-refractivity contribution in [2.75, 3.05) is 20.3 Å². The number of nitrogens with zero attached hydrogens (tertiary/aromatic N) is 1. The summed E-state index contributed by atoms with van der Waals surface area (Å²) in [5, 5.41) is 6.01. The number of carbonyl (C=O) groups excluding carboxylic acids is 1. The maximum Gasteiger partial charge on any atom is 0.328 e. The molecule has 8 nitrogen and oxygen atoms in total. The highest BCUT2D eigenvalue weighted by molar-refractivity contribution is 7.60. The first-order valence-electron chi connectivity index (χ1n) is 6.05. The van der Waals surface area contributed by atoms with Gasteiger partial charge in [-0.1, -0.05) is 13.8 Å². The van der Waals surface area contributed by atoms with Gasteiger partial charge < -0.3 is 14.8 Å². The van der Waals surface area contributed by atoms with Crippen LogP contribution >= 0.6 is 0 Å². The molecule has 0 aromatic rings. The summed E-state index contributed by atoms with van der Waals surface area (Å²) in [6, 6.07) is -0.539. The fraction of sp³-hybridized carbons (Fsp3) is 0.727. The second kappa shape index (κ2) is 11.4. The van der Waals surface area contributed by atoms with Gasteiger partial charge in [0.2, 0.25) is 5.88 Å². The van der Waals surface area contributed by atoms with Crippen molar-refractivity contribution in [1.29, 1.82) is 5.53 Å². The van der Waals surface area contributed by atoms with Crippen LogP contribution in [0.4, 0.5) is 0 Å². The van der Waals surface area contributed by atoms with Gasteiger partial charge in [0.25, 0.3) is 0 Å². The molecule has 0 aromatic heterocycles. The summed E-state index contributed by atoms with van der Waals surface area (Å²) in [6.45, 7) is 4.26. The van der Waals surface area contributed by atoms with Gasteiger partial charge in [0.05, 0.1) is 26.5 Å². The molecule has 9 heteroatoms. The van der Waals surface area contributed by atoms with Crippen molar-refractivity contribution in [2.24, 2.45) is 11.0 Å². The third-order valence-corrected chi connectivity index (χ3v) is 2.59. The molecule has 2 N–H and O–H groups in total. The molecule has 1 atom stereocenters. The van der Waals surface area contributed by atoms with E-state index in [4.69, 9.17) is 10.3 Å². The lowest BCUT2D eigenvalue weighted by molar-refractivity contribution is -0.144. The first-order chi connectivity index (χ1) is 9.56. The second-order valence-corrected chi connectivity index (χ2v) is 4.52. The zero-order valence-electron chi connectivity index (χ0n) is 11.8. The second-order valence-electron chi connectivity index (χ2n) is 4.12. The van der Waals surface area contributed by atoms with Crippen molar-refractivity contribution in [3.05, 3.63) is 12.1 Å². The third-order valence-electron chi connectivity index (χ3n) is 2.30. The molecule has 0 fully saturated rings. The lowest BCUT2D eigenvalue weighted by Crippen LogP contribution is -2.39. The van der Waals surface area contributed by atoms with Gasteiger partial charge in [-0.05, 0) is 5.92 Å². The minimum Gasteiger partial charge on any atom is -0.476 e. The van der Waals surface area contributed by atoms with Gasteiger partial charge in [0.15, 0.2) is 0 Å². The maximum absolute atomic E-state index is 11.5. The molecule has 0 rings (SSSR count). The van der Waals surface area contributed by atoms with Crippen LogP contribution < -0.4 is 5.32 Å². The number of ether oxygens (including phenoxy) is 2. The van der Waals surface area contributed by atoms with Crippen molar-refractivity contribution in [2.45, 2.75) is 26.3 Å². The van der Waals surface area contributed by atoms with Gasteiger partial charge in [-0.25, -0.2) is 14.5 Å². The van der Waals surface area contributed by atoms with Crippen molar-refractivity contribution < 1.29 is 22.7 Å². The van der Waals surface area contributed by atoms with E-state index in [-0.39, 0.29) is 37.0 Å². The first-order valence-corrected chi connectivity index (χ1v) is 6.78. The van der Waals surface area contributed by atoms with Crippen LogP contribution in [0.3, 0.4) is 0 Å². The minimum atomic E-state index is -0.539. The van der Waals surface area contributed by atoms with E-state index in [1.165, 1.54) is 13.3 Å². The number of rotatable bonds is 11. The van der Waals surface area contributed by atoms with Gasteiger partial charge in [-0.3, -0.25) is 4.18 Å². The molecule has 0 radical (unpaired) electrons. The van der Waals surface area contributed by atoms with E-state index in [1.54, 1.807) is 0 Å². The van der Waals surface area contributed by atoms with Crippen molar-refractivity contribution in [1.82, 2.24) is 5.32 Å². The van der Waals surface area contributed by atoms with Crippen LogP contribution in [0.15, 0.2) is 17.2 Å². The van der Waals surface area contributed by atoms with Crippen LogP contribution in [0.2, 0.25) is 0 Å². The van der Waals surface area contributed by atoms with E-state index in [0.717, 1.165) is 0 Å². The van der Waals surface area contributed by atoms with Crippen molar-refractivity contribution in [3.63, 3.8) is 0 Å². The number of nitrogens with one attached hydrogen (secondary N) is 2. The third kappa shape index (κ3) is 7.85. The standard InChI is InChI=1S/C11H21N3O5S/c1-8(2)10(11(15)17-3)13-7-9(14-12)18-5-4-6-19-20-16/h7-8,10,12-13,20H,4-6H2,1-3H3/b9-7+,14-12?. The molecule has 0 heterocycles. The Kier molecular flexibility index (Phi) is 10.5. The molecule has 0 saturated heterocycles. The van der Waals surface area contributed by atoms with Crippen molar-refractivity contribution >= 4 is 17.9 Å². The van der Waals surface area contributed by atoms with Crippen LogP contribution in [-0.4, -0.2) is 36.5 Å². The Labute approximate surface area is 122 Å². The summed E-state index contributed by atoms with van der Waals surface area (Å²) in [6.07, 6.45) is 1.86. The maximum atomic E-state index is 11.5. The van der Waals surface area contributed by atoms with Gasteiger partial charge in [-0.15, -0.1) is 5.11 Å². The number of esters is 1. The SMILES string of the molecule is COC(=O)C(N/C=C(\N=N)OCCCO[SH]=O)C(C)C. The van der Waals surface area contributed by atoms with E-state index in [2.05, 4.69) is 19.4 Å². The van der Waals surface area contributed by atoms with E-state index in [9.17, 15) is 9.00 Å². The summed E-state index contributed by atoms with van der Waals surface area (Å²) < 4.78 is 24.5. The van der Waals surface area contributed by atoms with Gasteiger partial charge >= 0.3 is 5.97 Å². The topological polar surface area (TPSA) is 110 Å². The molecule has 20 heavy (non-hydrogen) atoms. The van der Waals surface area contributed by atoms with Crippen LogP contribution in [0.25, 0.3) is 0 Å². The number of hydrogen-bond acceptors (Lipinski definition) is 8. The lowest BCUT2D eigenvalue weighted by Gasteiger charge is -2.18. The summed E-state index contributed by atoms with van der Waals surface area (Å²) in [7, 11) is 1.31. The monoisotopic (exact) mass is 307 g/mol. The molecular weight excluding hydrogens is 286 g/mol. The number of thiol groups is 1. The normalized spacial score (nSPS) is 12.9. The molecule has 0 spiro atoms. The fourth-order valence-corrected chi connectivity index (χ4v) is 1.47. The molecule has 1 unspecified atom stereocenters. The molecule has 116 valence electrons. The van der Waals surface area contributed by atoms with Crippen LogP contribution in [-0.2, 0) is 30.4 Å². The molecule has 0 aliphatic heterocycles. The van der Waals surface area contributed by atoms with E-state index in [0.29, 0.717) is 6.42 Å². The van der Waals surface area contributed by atoms with E-state index in [1.807, 2.05) is 13.8 Å². The molecule has 0 aliphatic carbocycles. The summed E-state index contributed by atoms with van der Waals surface area (Å²) in [5.41, 5.74) is 6.97. The number of carbonyl (C=O) groups is 1. The Balaban J connectivity index is 4.30. The highest BCUT2D eigenvalue weighted by atomic mass is 32.2. The summed E-state index contributed by atoms with van der Waals surface area (Å²) >= 11 is -0.372. The molecular formula is C11H21N3O5S. The molecule has 0 aliphatic rings. The lowest BCUT2D eigenvalue weighted by atomic mass is 10.1. The zero-order valence-corrected chi connectivity index (χ0v) is 12.7. The first kappa shape index (κ1) is 18.5. The van der Waals surface area contributed by atoms with Crippen molar-refractivity contribution in [3.8, 4) is 0 Å². The smallest absolute Gasteiger partial charge is 0.328 e. The highest BCUT2D eigenvalue weighted by Gasteiger charge is 2.21. The Morgan fingerprint density at radius 2 is 2.15 bits per heavy atom. The predicted molar refractivity (Wildman–Crippen MR) is 73.1 cm³/mol. The van der Waals surface area contributed by atoms with E-state index < -0.39 is 12.0 Å². The van der Waals surface area contributed by atoms with Gasteiger partial charge in [-0.2, -0.15) is 0 Å². The predicted octanol–water partition coefficient (Wildman–Crippen LogP) is 0.887. The van der Waals surface area contributed by atoms with Gasteiger partial charge in [0, 0.05) is 6.42 Å². The van der Waals surface area contributed by atoms with Gasteiger partial charge in [0.1, 0.15) is 18.0 Å². The highest BCUT2D eigenvalue weighted by Crippen LogP contribution is 2.05. The zero-order chi connectivity index (χ0) is 15.4. The molecule has 0 bridgehead atoms.